The number of furan rings is 3. The number of para-hydroxylation sites is 4. The van der Waals surface area contributed by atoms with Crippen molar-refractivity contribution >= 4 is 111 Å². The number of nitrogens with zero attached hydrogens (tertiary/aromatic N) is 2. The second kappa shape index (κ2) is 15.9. The first kappa shape index (κ1) is 40.3. The highest BCUT2D eigenvalue weighted by Crippen LogP contribution is 2.51. The minimum absolute atomic E-state index is 0.530. The molecule has 0 saturated heterocycles. The van der Waals surface area contributed by atoms with E-state index in [0.717, 1.165) is 99.9 Å². The van der Waals surface area contributed by atoms with E-state index in [4.69, 9.17) is 13.3 Å². The second-order valence-electron chi connectivity index (χ2n) is 19.9. The van der Waals surface area contributed by atoms with E-state index in [9.17, 15) is 0 Å². The Morgan fingerprint density at radius 2 is 0.826 bits per heavy atom. The second-order valence-corrected chi connectivity index (χ2v) is 19.9. The Kier molecular flexibility index (Phi) is 9.30. The van der Waals surface area contributed by atoms with Gasteiger partial charge in [0.1, 0.15) is 22.3 Å². The first-order valence-electron chi connectivity index (χ1n) is 25.0. The Balaban J connectivity index is 0.970. The molecule has 3 heterocycles. The van der Waals surface area contributed by atoms with Crippen LogP contribution < -0.4 is 9.80 Å². The zero-order valence-corrected chi connectivity index (χ0v) is 39.1. The Labute approximate surface area is 401 Å². The maximum atomic E-state index is 7.15. The van der Waals surface area contributed by atoms with Crippen molar-refractivity contribution in [3.05, 3.63) is 192 Å². The van der Waals surface area contributed by atoms with E-state index in [1.54, 1.807) is 0 Å². The number of aryl methyl sites for hydroxylation is 2. The summed E-state index contributed by atoms with van der Waals surface area (Å²) in [7, 11) is 0. The lowest BCUT2D eigenvalue weighted by Gasteiger charge is -2.27. The van der Waals surface area contributed by atoms with Crippen molar-refractivity contribution in [2.75, 3.05) is 9.80 Å². The van der Waals surface area contributed by atoms with Crippen LogP contribution in [0.1, 0.15) is 85.5 Å². The summed E-state index contributed by atoms with van der Waals surface area (Å²) in [6.45, 7) is 4.32. The minimum atomic E-state index is 0.530. The summed E-state index contributed by atoms with van der Waals surface area (Å²) in [6, 6.07) is 62.0. The predicted octanol–water partition coefficient (Wildman–Crippen LogP) is 19.4. The highest BCUT2D eigenvalue weighted by atomic mass is 16.3. The maximum absolute atomic E-state index is 7.15. The van der Waals surface area contributed by atoms with Crippen molar-refractivity contribution < 1.29 is 13.3 Å². The molecule has 2 saturated carbocycles. The highest BCUT2D eigenvalue weighted by Gasteiger charge is 2.28. The van der Waals surface area contributed by atoms with Gasteiger partial charge in [-0.2, -0.15) is 0 Å². The molecule has 9 aromatic carbocycles. The molecule has 0 unspecified atom stereocenters. The molecule has 0 aliphatic heterocycles. The van der Waals surface area contributed by atoms with Crippen LogP contribution in [-0.2, 0) is 0 Å². The first-order valence-corrected chi connectivity index (χ1v) is 25.0. The first-order chi connectivity index (χ1) is 34.0. The van der Waals surface area contributed by atoms with Crippen LogP contribution >= 0.6 is 0 Å². The number of hydrogen-bond acceptors (Lipinski definition) is 5. The smallest absolute Gasteiger partial charge is 0.159 e. The molecule has 14 rings (SSSR count). The fourth-order valence-corrected chi connectivity index (χ4v) is 12.4. The third kappa shape index (κ3) is 6.43. The van der Waals surface area contributed by atoms with Gasteiger partial charge < -0.3 is 23.1 Å². The quantitative estimate of drug-likeness (QED) is 0.152. The Morgan fingerprint density at radius 3 is 1.41 bits per heavy atom. The molecule has 3 aromatic heterocycles. The van der Waals surface area contributed by atoms with Gasteiger partial charge in [-0.3, -0.25) is 0 Å². The van der Waals surface area contributed by atoms with Crippen molar-refractivity contribution in [1.82, 2.24) is 0 Å². The van der Waals surface area contributed by atoms with Crippen molar-refractivity contribution in [3.63, 3.8) is 0 Å². The van der Waals surface area contributed by atoms with Crippen molar-refractivity contribution in [2.24, 2.45) is 0 Å². The predicted molar refractivity (Wildman–Crippen MR) is 287 cm³/mol. The lowest BCUT2D eigenvalue weighted by atomic mass is 9.95. The van der Waals surface area contributed by atoms with Gasteiger partial charge in [0, 0.05) is 61.2 Å². The van der Waals surface area contributed by atoms with Gasteiger partial charge in [-0.05, 0) is 128 Å². The zero-order chi connectivity index (χ0) is 45.7. The van der Waals surface area contributed by atoms with Crippen molar-refractivity contribution in [3.8, 4) is 0 Å². The largest absolute Gasteiger partial charge is 0.456 e. The lowest BCUT2D eigenvalue weighted by Crippen LogP contribution is -2.11. The van der Waals surface area contributed by atoms with Crippen LogP contribution in [0, 0.1) is 13.8 Å². The summed E-state index contributed by atoms with van der Waals surface area (Å²) in [4.78, 5) is 4.73. The molecule has 2 aliphatic rings. The van der Waals surface area contributed by atoms with E-state index in [2.05, 4.69) is 194 Å². The maximum Gasteiger partial charge on any atom is 0.159 e. The van der Waals surface area contributed by atoms with Crippen LogP contribution in [0.5, 0.6) is 0 Å². The fraction of sp³-hybridized carbons (Fsp3) is 0.188. The van der Waals surface area contributed by atoms with Gasteiger partial charge in [0.15, 0.2) is 11.2 Å². The summed E-state index contributed by atoms with van der Waals surface area (Å²) < 4.78 is 21.4. The molecule has 69 heavy (non-hydrogen) atoms. The van der Waals surface area contributed by atoms with Crippen LogP contribution in [0.4, 0.5) is 34.1 Å². The van der Waals surface area contributed by atoms with E-state index < -0.39 is 0 Å². The summed E-state index contributed by atoms with van der Waals surface area (Å²) in [5, 5.41) is 9.07. The van der Waals surface area contributed by atoms with Crippen LogP contribution in [0.15, 0.2) is 183 Å². The van der Waals surface area contributed by atoms with Gasteiger partial charge in [-0.15, -0.1) is 0 Å². The number of benzene rings is 9. The SMILES string of the molecule is Cc1cccc(N(c2ccc3c(c2)oc2cc(N(c4cccc(C)c4)c4cccc5c4oc4c(C6CCCC6)cccc45)c4ccccc4c23)c2cccc3c2oc2c(C4CCCC4)cccc23)c1. The summed E-state index contributed by atoms with van der Waals surface area (Å²) in [5.41, 5.74) is 16.7. The molecular weight excluding hydrogens is 845 g/mol. The van der Waals surface area contributed by atoms with Crippen LogP contribution in [0.25, 0.3) is 76.6 Å². The highest BCUT2D eigenvalue weighted by molar-refractivity contribution is 6.23. The monoisotopic (exact) mass is 896 g/mol. The average molecular weight is 897 g/mol. The number of hydrogen-bond donors (Lipinski definition) is 0. The molecule has 0 bridgehead atoms. The van der Waals surface area contributed by atoms with Crippen LogP contribution in [0.2, 0.25) is 0 Å². The lowest BCUT2D eigenvalue weighted by molar-refractivity contribution is 0.643. The molecule has 0 amide bonds. The van der Waals surface area contributed by atoms with Crippen LogP contribution in [0.3, 0.4) is 0 Å². The number of rotatable bonds is 8. The third-order valence-corrected chi connectivity index (χ3v) is 15.6. The summed E-state index contributed by atoms with van der Waals surface area (Å²) in [5.74, 6) is 1.07. The Bertz CT molecular complexity index is 3990. The van der Waals surface area contributed by atoms with Gasteiger partial charge in [0.25, 0.3) is 0 Å². The van der Waals surface area contributed by atoms with Gasteiger partial charge in [-0.25, -0.2) is 0 Å². The van der Waals surface area contributed by atoms with E-state index in [1.807, 2.05) is 0 Å². The molecule has 0 atom stereocenters. The summed E-state index contributed by atoms with van der Waals surface area (Å²) in [6.07, 6.45) is 9.97. The Morgan fingerprint density at radius 1 is 0.348 bits per heavy atom. The molecular formula is C64H52N2O3. The number of anilines is 6. The molecule has 0 N–H and O–H groups in total. The molecule has 336 valence electrons. The molecule has 5 nitrogen and oxygen atoms in total. The van der Waals surface area contributed by atoms with Gasteiger partial charge in [-0.1, -0.05) is 135 Å². The normalized spacial score (nSPS) is 14.8. The fourth-order valence-electron chi connectivity index (χ4n) is 12.4. The summed E-state index contributed by atoms with van der Waals surface area (Å²) >= 11 is 0. The van der Waals surface area contributed by atoms with E-state index in [1.165, 1.54) is 84.4 Å². The number of fused-ring (bicyclic) bond motifs is 11. The molecule has 5 heteroatoms. The van der Waals surface area contributed by atoms with E-state index in [-0.39, 0.29) is 0 Å². The standard InChI is InChI=1S/C64H52N2O3/c1-39-15-9-21-43(35-39)65(55-31-13-29-52-50-27-11-25-46(41-17-3-4-18-41)61(50)68-63(52)55)45-33-34-54-58(37-45)67-59-38-57(48-23-7-8-24-49(48)60(54)59)66(44-22-10-16-40(2)36-44)56-32-14-30-53-51-28-12-26-47(42-19-5-6-20-42)62(51)69-64(53)56/h7-16,21-38,41-42H,3-6,17-20H2,1-2H3. The molecule has 0 spiro atoms. The van der Waals surface area contributed by atoms with Crippen molar-refractivity contribution in [2.45, 2.75) is 77.0 Å². The third-order valence-electron chi connectivity index (χ3n) is 15.6. The average Bonchev–Trinajstić information content (AvgIpc) is 4.24. The topological polar surface area (TPSA) is 45.9 Å². The molecule has 2 fully saturated rings. The molecule has 2 aliphatic carbocycles. The van der Waals surface area contributed by atoms with Gasteiger partial charge in [0.05, 0.1) is 22.7 Å². The van der Waals surface area contributed by atoms with E-state index >= 15 is 0 Å². The molecule has 0 radical (unpaired) electrons. The molecule has 12 aromatic rings. The van der Waals surface area contributed by atoms with E-state index in [0.29, 0.717) is 11.8 Å². The zero-order valence-electron chi connectivity index (χ0n) is 39.1. The van der Waals surface area contributed by atoms with Crippen LogP contribution in [-0.4, -0.2) is 0 Å². The van der Waals surface area contributed by atoms with Gasteiger partial charge >= 0.3 is 0 Å². The Hall–Kier alpha value is -7.76. The van der Waals surface area contributed by atoms with Crippen molar-refractivity contribution in [1.29, 1.82) is 0 Å². The minimum Gasteiger partial charge on any atom is -0.456 e. The van der Waals surface area contributed by atoms with Gasteiger partial charge in [0.2, 0.25) is 0 Å².